The van der Waals surface area contributed by atoms with Crippen LogP contribution in [0.1, 0.15) is 52.7 Å². The molecule has 0 amide bonds. The summed E-state index contributed by atoms with van der Waals surface area (Å²) in [6, 6.07) is 64.6. The molecule has 0 saturated carbocycles. The number of hydrogen-bond acceptors (Lipinski definition) is 6. The standard InChI is InChI=1S/C58H46BN3S3/c1-57(2,3)35-25-28-37(29-26-35)61-45-19-14-20-46-53(45)59(56-54(61)41-31-27-36(58(4,5)6)33-52(41)65-56)42-32-30-38-34-48(42)62(46)44-18-9-12-24-51(44)63-50-23-11-8-17-43(50)60(38)47-21-13-16-40-39-15-7-10-22-49(39)64-55(40)47/h7-34H,1-6H3. The summed E-state index contributed by atoms with van der Waals surface area (Å²) in [7, 11) is 0. The highest BCUT2D eigenvalue weighted by atomic mass is 32.2. The second-order valence-corrected chi connectivity index (χ2v) is 23.0. The van der Waals surface area contributed by atoms with Crippen LogP contribution in [0, 0.1) is 0 Å². The van der Waals surface area contributed by atoms with Gasteiger partial charge in [-0.15, -0.1) is 22.7 Å². The van der Waals surface area contributed by atoms with Gasteiger partial charge in [0.05, 0.1) is 27.4 Å². The fourth-order valence-electron chi connectivity index (χ4n) is 10.5. The molecule has 0 N–H and O–H groups in total. The van der Waals surface area contributed by atoms with Crippen molar-refractivity contribution in [2.24, 2.45) is 0 Å². The third kappa shape index (κ3) is 5.88. The lowest BCUT2D eigenvalue weighted by Gasteiger charge is -2.44. The zero-order valence-electron chi connectivity index (χ0n) is 37.3. The monoisotopic (exact) mass is 891 g/mol. The molecule has 10 aromatic rings. The van der Waals surface area contributed by atoms with E-state index in [1.165, 1.54) is 112 Å². The second kappa shape index (κ2) is 14.1. The SMILES string of the molecule is CC(C)(C)c1ccc(N2c3cccc4c3B(c3ccc5cc3N4c3ccccc3Sc3ccccc3N5c3cccc4c3sc3ccccc34)c3sc4cc(C(C)(C)C)ccc4c32)cc1. The smallest absolute Gasteiger partial charge is 0.264 e. The van der Waals surface area contributed by atoms with Crippen LogP contribution in [0.2, 0.25) is 0 Å². The van der Waals surface area contributed by atoms with Crippen molar-refractivity contribution >= 4 is 138 Å². The largest absolute Gasteiger partial charge is 0.310 e. The molecule has 13 rings (SSSR count). The Balaban J connectivity index is 1.11. The lowest BCUT2D eigenvalue weighted by Crippen LogP contribution is -2.60. The predicted octanol–water partition coefficient (Wildman–Crippen LogP) is 15.9. The molecule has 0 radical (unpaired) electrons. The van der Waals surface area contributed by atoms with Gasteiger partial charge in [0.1, 0.15) is 0 Å². The molecule has 5 heterocycles. The maximum Gasteiger partial charge on any atom is 0.264 e. The first-order valence-corrected chi connectivity index (χ1v) is 25.1. The number of thiophene rings is 2. The number of anilines is 9. The molecule has 8 aromatic carbocycles. The Hall–Kier alpha value is -6.25. The Morgan fingerprint density at radius 3 is 1.77 bits per heavy atom. The molecule has 3 nitrogen and oxygen atoms in total. The second-order valence-electron chi connectivity index (χ2n) is 19.8. The third-order valence-corrected chi connectivity index (χ3v) is 17.3. The summed E-state index contributed by atoms with van der Waals surface area (Å²) in [6.07, 6.45) is 0. The van der Waals surface area contributed by atoms with Crippen LogP contribution in [0.15, 0.2) is 180 Å². The van der Waals surface area contributed by atoms with Crippen LogP contribution in [0.3, 0.4) is 0 Å². The van der Waals surface area contributed by atoms with Crippen LogP contribution in [0.25, 0.3) is 30.3 Å². The van der Waals surface area contributed by atoms with E-state index >= 15 is 0 Å². The third-order valence-electron chi connectivity index (χ3n) is 13.7. The Bertz CT molecular complexity index is 3590. The zero-order valence-corrected chi connectivity index (χ0v) is 39.8. The molecule has 7 heteroatoms. The number of rotatable bonds is 2. The van der Waals surface area contributed by atoms with Crippen molar-refractivity contribution in [3.63, 3.8) is 0 Å². The quantitative estimate of drug-likeness (QED) is 0.160. The summed E-state index contributed by atoms with van der Waals surface area (Å²) < 4.78 is 5.33. The Kier molecular flexibility index (Phi) is 8.51. The van der Waals surface area contributed by atoms with Gasteiger partial charge < -0.3 is 14.7 Å². The van der Waals surface area contributed by atoms with Gasteiger partial charge in [0, 0.05) is 68.6 Å². The Labute approximate surface area is 393 Å². The summed E-state index contributed by atoms with van der Waals surface area (Å²) in [6.45, 7) is 13.9. The van der Waals surface area contributed by atoms with E-state index in [-0.39, 0.29) is 17.5 Å². The van der Waals surface area contributed by atoms with E-state index in [0.717, 1.165) is 5.69 Å². The average Bonchev–Trinajstić information content (AvgIpc) is 3.88. The molecule has 3 aliphatic heterocycles. The molecule has 0 aliphatic carbocycles. The van der Waals surface area contributed by atoms with Crippen molar-refractivity contribution < 1.29 is 0 Å². The minimum Gasteiger partial charge on any atom is -0.310 e. The van der Waals surface area contributed by atoms with Gasteiger partial charge in [0.2, 0.25) is 0 Å². The summed E-state index contributed by atoms with van der Waals surface area (Å²) in [5.41, 5.74) is 16.4. The lowest BCUT2D eigenvalue weighted by molar-refractivity contribution is 0.590. The van der Waals surface area contributed by atoms with Crippen molar-refractivity contribution in [3.8, 4) is 0 Å². The fraction of sp³-hybridized carbons (Fsp3) is 0.138. The molecule has 3 aliphatic rings. The molecule has 0 saturated heterocycles. The van der Waals surface area contributed by atoms with Gasteiger partial charge in [0.25, 0.3) is 6.71 Å². The molecular formula is C58H46BN3S3. The molecular weight excluding hydrogens is 846 g/mol. The van der Waals surface area contributed by atoms with Gasteiger partial charge in [-0.3, -0.25) is 0 Å². The fourth-order valence-corrected chi connectivity index (χ4v) is 14.2. The Morgan fingerprint density at radius 2 is 1.02 bits per heavy atom. The van der Waals surface area contributed by atoms with Gasteiger partial charge >= 0.3 is 0 Å². The summed E-state index contributed by atoms with van der Waals surface area (Å²) in [5, 5.41) is 3.91. The van der Waals surface area contributed by atoms with Gasteiger partial charge in [-0.25, -0.2) is 0 Å². The summed E-state index contributed by atoms with van der Waals surface area (Å²) >= 11 is 5.74. The average molecular weight is 892 g/mol. The highest BCUT2D eigenvalue weighted by Crippen LogP contribution is 2.54. The van der Waals surface area contributed by atoms with Gasteiger partial charge in [-0.2, -0.15) is 0 Å². The summed E-state index contributed by atoms with van der Waals surface area (Å²) in [4.78, 5) is 10.1. The zero-order chi connectivity index (χ0) is 43.9. The molecule has 65 heavy (non-hydrogen) atoms. The molecule has 0 unspecified atom stereocenters. The van der Waals surface area contributed by atoms with Crippen molar-refractivity contribution in [2.75, 3.05) is 14.7 Å². The summed E-state index contributed by atoms with van der Waals surface area (Å²) in [5.74, 6) is 0. The molecule has 0 fully saturated rings. The maximum atomic E-state index is 2.58. The first kappa shape index (κ1) is 39.1. The highest BCUT2D eigenvalue weighted by molar-refractivity contribution is 7.99. The van der Waals surface area contributed by atoms with Crippen molar-refractivity contribution in [3.05, 3.63) is 181 Å². The molecule has 2 bridgehead atoms. The number of hydrogen-bond donors (Lipinski definition) is 0. The van der Waals surface area contributed by atoms with Gasteiger partial charge in [0.15, 0.2) is 0 Å². The predicted molar refractivity (Wildman–Crippen MR) is 285 cm³/mol. The highest BCUT2D eigenvalue weighted by Gasteiger charge is 2.46. The Morgan fingerprint density at radius 1 is 0.415 bits per heavy atom. The van der Waals surface area contributed by atoms with E-state index in [4.69, 9.17) is 0 Å². The number of fused-ring (bicyclic) bond motifs is 13. The number of benzene rings is 8. The van der Waals surface area contributed by atoms with Crippen LogP contribution in [0.5, 0.6) is 0 Å². The topological polar surface area (TPSA) is 9.72 Å². The molecule has 0 atom stereocenters. The van der Waals surface area contributed by atoms with E-state index in [2.05, 4.69) is 226 Å². The van der Waals surface area contributed by atoms with Crippen LogP contribution in [0.4, 0.5) is 51.2 Å². The van der Waals surface area contributed by atoms with E-state index in [1.807, 2.05) is 34.4 Å². The van der Waals surface area contributed by atoms with E-state index < -0.39 is 0 Å². The van der Waals surface area contributed by atoms with Crippen LogP contribution < -0.4 is 30.4 Å². The molecule has 0 spiro atoms. The lowest BCUT2D eigenvalue weighted by atomic mass is 9.36. The molecule has 314 valence electrons. The minimum absolute atomic E-state index is 0.0339. The van der Waals surface area contributed by atoms with Crippen LogP contribution >= 0.6 is 34.4 Å². The van der Waals surface area contributed by atoms with E-state index in [0.29, 0.717) is 0 Å². The first-order chi connectivity index (χ1) is 31.5. The van der Waals surface area contributed by atoms with E-state index in [1.54, 1.807) is 0 Å². The van der Waals surface area contributed by atoms with E-state index in [9.17, 15) is 0 Å². The minimum atomic E-state index is 0.0339. The number of para-hydroxylation sites is 2. The number of nitrogens with zero attached hydrogens (tertiary/aromatic N) is 3. The molecule has 2 aromatic heterocycles. The van der Waals surface area contributed by atoms with Crippen LogP contribution in [-0.4, -0.2) is 6.71 Å². The van der Waals surface area contributed by atoms with Crippen molar-refractivity contribution in [1.82, 2.24) is 0 Å². The van der Waals surface area contributed by atoms with Crippen molar-refractivity contribution in [1.29, 1.82) is 0 Å². The normalized spacial score (nSPS) is 14.1. The van der Waals surface area contributed by atoms with Crippen molar-refractivity contribution in [2.45, 2.75) is 62.2 Å². The maximum absolute atomic E-state index is 2.58. The van der Waals surface area contributed by atoms with Crippen LogP contribution in [-0.2, 0) is 10.8 Å². The van der Waals surface area contributed by atoms with Gasteiger partial charge in [-0.1, -0.05) is 144 Å². The van der Waals surface area contributed by atoms with Gasteiger partial charge in [-0.05, 0) is 112 Å². The first-order valence-electron chi connectivity index (χ1n) is 22.6.